The molecule has 3 rings (SSSR count). The van der Waals surface area contributed by atoms with E-state index in [9.17, 15) is 20.4 Å². The summed E-state index contributed by atoms with van der Waals surface area (Å²) in [6.45, 7) is 0.0776. The minimum atomic E-state index is -0.902. The third-order valence-electron chi connectivity index (χ3n) is 5.10. The molecule has 0 bridgehead atoms. The molecule has 27 heavy (non-hydrogen) atoms. The number of ether oxygens (including phenoxy) is 3. The lowest BCUT2D eigenvalue weighted by Gasteiger charge is -2.25. The number of aromatic hydroxyl groups is 2. The molecule has 2 aromatic carbocycles. The van der Waals surface area contributed by atoms with Gasteiger partial charge in [0.1, 0.15) is 0 Å². The second kappa shape index (κ2) is 8.04. The Balaban J connectivity index is 1.86. The Kier molecular flexibility index (Phi) is 5.74. The highest BCUT2D eigenvalue weighted by Gasteiger charge is 2.42. The number of hydrogen-bond donors (Lipinski definition) is 4. The van der Waals surface area contributed by atoms with Crippen LogP contribution in [-0.2, 0) is 4.74 Å². The Morgan fingerprint density at radius 2 is 1.67 bits per heavy atom. The van der Waals surface area contributed by atoms with Gasteiger partial charge in [-0.25, -0.2) is 0 Å². The highest BCUT2D eigenvalue weighted by Crippen LogP contribution is 2.45. The maximum absolute atomic E-state index is 10.8. The Bertz CT molecular complexity index is 792. The van der Waals surface area contributed by atoms with E-state index >= 15 is 0 Å². The highest BCUT2D eigenvalue weighted by molar-refractivity contribution is 5.44. The van der Waals surface area contributed by atoms with E-state index in [2.05, 4.69) is 0 Å². The summed E-state index contributed by atoms with van der Waals surface area (Å²) in [6, 6.07) is 9.55. The van der Waals surface area contributed by atoms with Crippen molar-refractivity contribution in [2.75, 3.05) is 27.4 Å². The van der Waals surface area contributed by atoms with Gasteiger partial charge in [-0.2, -0.15) is 0 Å². The zero-order valence-electron chi connectivity index (χ0n) is 15.2. The standard InChI is InChI=1S/C20H24O7/c1-25-17-7-11(3-5-15(17)22)19(24)14-10-27-20(13(14)9-21)12-4-6-16(23)18(8-12)26-2/h3-8,13-14,19-24H,9-10H2,1-2H3/t13-,14+,19+,20+/m0/s1. The molecule has 2 aromatic rings. The molecule has 0 aliphatic carbocycles. The minimum Gasteiger partial charge on any atom is -0.504 e. The van der Waals surface area contributed by atoms with Gasteiger partial charge in [0.25, 0.3) is 0 Å². The van der Waals surface area contributed by atoms with E-state index in [1.807, 2.05) is 0 Å². The lowest BCUT2D eigenvalue weighted by molar-refractivity contribution is 0.0632. The summed E-state index contributed by atoms with van der Waals surface area (Å²) in [5.41, 5.74) is 1.32. The highest BCUT2D eigenvalue weighted by atomic mass is 16.5. The lowest BCUT2D eigenvalue weighted by Crippen LogP contribution is -2.25. The predicted octanol–water partition coefficient (Wildman–Crippen LogP) is 2.14. The van der Waals surface area contributed by atoms with Crippen LogP contribution in [0.2, 0.25) is 0 Å². The van der Waals surface area contributed by atoms with Crippen molar-refractivity contribution in [2.24, 2.45) is 11.8 Å². The van der Waals surface area contributed by atoms with Gasteiger partial charge in [-0.3, -0.25) is 0 Å². The molecule has 1 saturated heterocycles. The summed E-state index contributed by atoms with van der Waals surface area (Å²) in [4.78, 5) is 0. The van der Waals surface area contributed by atoms with Crippen molar-refractivity contribution < 1.29 is 34.6 Å². The second-order valence-electron chi connectivity index (χ2n) is 6.57. The number of benzene rings is 2. The van der Waals surface area contributed by atoms with Gasteiger partial charge < -0.3 is 34.6 Å². The molecular formula is C20H24O7. The second-order valence-corrected chi connectivity index (χ2v) is 6.57. The monoisotopic (exact) mass is 376 g/mol. The molecule has 0 saturated carbocycles. The van der Waals surface area contributed by atoms with Crippen LogP contribution in [0, 0.1) is 11.8 Å². The zero-order chi connectivity index (χ0) is 19.6. The third-order valence-corrected chi connectivity index (χ3v) is 5.10. The maximum Gasteiger partial charge on any atom is 0.160 e. The quantitative estimate of drug-likeness (QED) is 0.612. The Labute approximate surface area is 157 Å². The number of hydrogen-bond acceptors (Lipinski definition) is 7. The van der Waals surface area contributed by atoms with Crippen molar-refractivity contribution in [3.8, 4) is 23.0 Å². The van der Waals surface area contributed by atoms with Gasteiger partial charge >= 0.3 is 0 Å². The molecule has 1 heterocycles. The first-order valence-corrected chi connectivity index (χ1v) is 8.64. The van der Waals surface area contributed by atoms with Gasteiger partial charge in [0.15, 0.2) is 23.0 Å². The molecule has 1 aliphatic heterocycles. The van der Waals surface area contributed by atoms with Crippen LogP contribution < -0.4 is 9.47 Å². The van der Waals surface area contributed by atoms with Gasteiger partial charge in [0, 0.05) is 18.4 Å². The number of rotatable bonds is 6. The van der Waals surface area contributed by atoms with Crippen LogP contribution in [0.25, 0.3) is 0 Å². The van der Waals surface area contributed by atoms with Gasteiger partial charge in [0.05, 0.1) is 33.0 Å². The fourth-order valence-electron chi connectivity index (χ4n) is 3.58. The van der Waals surface area contributed by atoms with Crippen LogP contribution in [-0.4, -0.2) is 47.9 Å². The predicted molar refractivity (Wildman–Crippen MR) is 97.0 cm³/mol. The first kappa shape index (κ1) is 19.3. The van der Waals surface area contributed by atoms with E-state index in [4.69, 9.17) is 14.2 Å². The number of aliphatic hydroxyl groups is 2. The number of phenolic OH excluding ortho intramolecular Hbond substituents is 2. The smallest absolute Gasteiger partial charge is 0.160 e. The molecule has 0 spiro atoms. The molecule has 1 fully saturated rings. The average molecular weight is 376 g/mol. The summed E-state index contributed by atoms with van der Waals surface area (Å²) >= 11 is 0. The summed E-state index contributed by atoms with van der Waals surface area (Å²) < 4.78 is 16.1. The normalized spacial score (nSPS) is 23.2. The van der Waals surface area contributed by atoms with Crippen molar-refractivity contribution >= 4 is 0 Å². The largest absolute Gasteiger partial charge is 0.504 e. The topological polar surface area (TPSA) is 109 Å². The molecular weight excluding hydrogens is 352 g/mol. The zero-order valence-corrected chi connectivity index (χ0v) is 15.2. The molecule has 4 atom stereocenters. The first-order valence-electron chi connectivity index (χ1n) is 8.64. The Morgan fingerprint density at radius 3 is 2.30 bits per heavy atom. The summed E-state index contributed by atoms with van der Waals surface area (Å²) in [5.74, 6) is -0.106. The van der Waals surface area contributed by atoms with E-state index in [-0.39, 0.29) is 42.3 Å². The molecule has 7 heteroatoms. The van der Waals surface area contributed by atoms with E-state index in [1.165, 1.54) is 26.4 Å². The van der Waals surface area contributed by atoms with Crippen LogP contribution in [0.4, 0.5) is 0 Å². The Hall–Kier alpha value is -2.48. The van der Waals surface area contributed by atoms with Crippen molar-refractivity contribution in [1.29, 1.82) is 0 Å². The summed E-state index contributed by atoms with van der Waals surface area (Å²) in [5, 5.41) is 40.3. The molecule has 146 valence electrons. The van der Waals surface area contributed by atoms with Gasteiger partial charge in [-0.15, -0.1) is 0 Å². The van der Waals surface area contributed by atoms with Crippen molar-refractivity contribution in [1.82, 2.24) is 0 Å². The summed E-state index contributed by atoms with van der Waals surface area (Å²) in [7, 11) is 2.90. The molecule has 7 nitrogen and oxygen atoms in total. The molecule has 0 amide bonds. The summed E-state index contributed by atoms with van der Waals surface area (Å²) in [6.07, 6.45) is -1.34. The third kappa shape index (κ3) is 3.66. The van der Waals surface area contributed by atoms with Gasteiger partial charge in [0.2, 0.25) is 0 Å². The number of phenols is 2. The molecule has 1 aliphatic rings. The number of methoxy groups -OCH3 is 2. The lowest BCUT2D eigenvalue weighted by atomic mass is 9.82. The molecule has 0 unspecified atom stereocenters. The fourth-order valence-corrected chi connectivity index (χ4v) is 3.58. The minimum absolute atomic E-state index is 0.0103. The first-order chi connectivity index (χ1) is 13.0. The van der Waals surface area contributed by atoms with E-state index < -0.39 is 12.2 Å². The Morgan fingerprint density at radius 1 is 1.04 bits per heavy atom. The van der Waals surface area contributed by atoms with Gasteiger partial charge in [-0.05, 0) is 35.4 Å². The maximum atomic E-state index is 10.8. The molecule has 0 aromatic heterocycles. The SMILES string of the molecule is COc1cc([C@@H](O)[C@@H]2CO[C@H](c3ccc(O)c(OC)c3)[C@H]2CO)ccc1O. The number of aliphatic hydroxyl groups excluding tert-OH is 2. The van der Waals surface area contributed by atoms with Crippen molar-refractivity contribution in [2.45, 2.75) is 12.2 Å². The van der Waals surface area contributed by atoms with Crippen LogP contribution in [0.15, 0.2) is 36.4 Å². The molecule has 4 N–H and O–H groups in total. The van der Waals surface area contributed by atoms with Crippen molar-refractivity contribution in [3.05, 3.63) is 47.5 Å². The van der Waals surface area contributed by atoms with E-state index in [0.29, 0.717) is 11.3 Å². The van der Waals surface area contributed by atoms with E-state index in [0.717, 1.165) is 5.56 Å². The van der Waals surface area contributed by atoms with Crippen molar-refractivity contribution in [3.63, 3.8) is 0 Å². The van der Waals surface area contributed by atoms with Crippen LogP contribution >= 0.6 is 0 Å². The van der Waals surface area contributed by atoms with Crippen LogP contribution in [0.1, 0.15) is 23.3 Å². The average Bonchev–Trinajstić information content (AvgIpc) is 3.12. The van der Waals surface area contributed by atoms with Gasteiger partial charge in [-0.1, -0.05) is 12.1 Å². The molecule has 0 radical (unpaired) electrons. The van der Waals surface area contributed by atoms with E-state index in [1.54, 1.807) is 24.3 Å². The van der Waals surface area contributed by atoms with Crippen LogP contribution in [0.5, 0.6) is 23.0 Å². The fraction of sp³-hybridized carbons (Fsp3) is 0.400. The van der Waals surface area contributed by atoms with Crippen LogP contribution in [0.3, 0.4) is 0 Å².